The van der Waals surface area contributed by atoms with Gasteiger partial charge in [-0.05, 0) is 32.6 Å². The second-order valence-electron chi connectivity index (χ2n) is 5.96. The Kier molecular flexibility index (Phi) is 9.06. The van der Waals surface area contributed by atoms with E-state index in [1.54, 1.807) is 0 Å². The van der Waals surface area contributed by atoms with E-state index in [2.05, 4.69) is 6.92 Å². The largest absolute Gasteiger partial charge is 0.481 e. The third kappa shape index (κ3) is 8.71. The summed E-state index contributed by atoms with van der Waals surface area (Å²) < 4.78 is 0. The van der Waals surface area contributed by atoms with E-state index >= 15 is 0 Å². The molecule has 1 aliphatic heterocycles. The van der Waals surface area contributed by atoms with Gasteiger partial charge in [0.05, 0.1) is 0 Å². The lowest BCUT2D eigenvalue weighted by atomic mass is 10.1. The van der Waals surface area contributed by atoms with Gasteiger partial charge in [0.1, 0.15) is 0 Å². The lowest BCUT2D eigenvalue weighted by Crippen LogP contribution is -2.39. The number of piperidine rings is 1. The number of carbonyl (C=O) groups is 2. The molecular formula is C16H29NO4. The first-order chi connectivity index (χ1) is 10.1. The van der Waals surface area contributed by atoms with Gasteiger partial charge in [0.25, 0.3) is 0 Å². The molecule has 0 aromatic heterocycles. The second-order valence-corrected chi connectivity index (χ2v) is 5.96. The highest BCUT2D eigenvalue weighted by atomic mass is 16.7. The summed E-state index contributed by atoms with van der Waals surface area (Å²) >= 11 is 0. The van der Waals surface area contributed by atoms with Gasteiger partial charge >= 0.3 is 11.9 Å². The zero-order valence-electron chi connectivity index (χ0n) is 13.2. The molecule has 5 nitrogen and oxygen atoms in total. The first kappa shape index (κ1) is 18.0. The van der Waals surface area contributed by atoms with Crippen LogP contribution in [0.5, 0.6) is 0 Å². The molecule has 21 heavy (non-hydrogen) atoms. The van der Waals surface area contributed by atoms with Gasteiger partial charge in [0, 0.05) is 25.4 Å². The van der Waals surface area contributed by atoms with Crippen molar-refractivity contribution in [1.29, 1.82) is 0 Å². The van der Waals surface area contributed by atoms with Crippen molar-refractivity contribution in [2.75, 3.05) is 6.54 Å². The van der Waals surface area contributed by atoms with Gasteiger partial charge in [0.15, 0.2) is 0 Å². The number of nitrogens with zero attached hydrogens (tertiary/aromatic N) is 1. The molecule has 0 aromatic carbocycles. The number of hydroxylamine groups is 2. The number of rotatable bonds is 10. The van der Waals surface area contributed by atoms with Crippen LogP contribution in [0.2, 0.25) is 0 Å². The van der Waals surface area contributed by atoms with Crippen molar-refractivity contribution in [2.45, 2.75) is 83.6 Å². The number of hydrogen-bond acceptors (Lipinski definition) is 4. The first-order valence-corrected chi connectivity index (χ1v) is 8.29. The number of carbonyl (C=O) groups excluding carboxylic acids is 1. The van der Waals surface area contributed by atoms with Crippen molar-refractivity contribution in [3.8, 4) is 0 Å². The van der Waals surface area contributed by atoms with Crippen LogP contribution < -0.4 is 0 Å². The minimum Gasteiger partial charge on any atom is -0.481 e. The quantitative estimate of drug-likeness (QED) is 0.625. The van der Waals surface area contributed by atoms with E-state index in [4.69, 9.17) is 9.94 Å². The summed E-state index contributed by atoms with van der Waals surface area (Å²) in [6.45, 7) is 2.96. The summed E-state index contributed by atoms with van der Waals surface area (Å²) in [5.41, 5.74) is 0. The van der Waals surface area contributed by atoms with Crippen LogP contribution in [0.3, 0.4) is 0 Å². The molecule has 1 aliphatic rings. The Hall–Kier alpha value is -1.10. The van der Waals surface area contributed by atoms with E-state index in [1.165, 1.54) is 6.42 Å². The molecule has 1 heterocycles. The summed E-state index contributed by atoms with van der Waals surface area (Å²) in [7, 11) is 0. The Morgan fingerprint density at radius 2 is 1.67 bits per heavy atom. The molecule has 1 fully saturated rings. The molecule has 1 rings (SSSR count). The minimum atomic E-state index is -0.718. The lowest BCUT2D eigenvalue weighted by Gasteiger charge is -2.31. The van der Waals surface area contributed by atoms with Gasteiger partial charge < -0.3 is 9.94 Å². The molecule has 1 atom stereocenters. The van der Waals surface area contributed by atoms with Crippen LogP contribution in [-0.2, 0) is 14.4 Å². The fourth-order valence-electron chi connectivity index (χ4n) is 2.64. The van der Waals surface area contributed by atoms with Crippen LogP contribution >= 0.6 is 0 Å². The van der Waals surface area contributed by atoms with Crippen molar-refractivity contribution in [3.63, 3.8) is 0 Å². The average Bonchev–Trinajstić information content (AvgIpc) is 2.44. The fraction of sp³-hybridized carbons (Fsp3) is 0.875. The van der Waals surface area contributed by atoms with Gasteiger partial charge in [-0.1, -0.05) is 32.1 Å². The third-order valence-electron chi connectivity index (χ3n) is 3.98. The zero-order valence-corrected chi connectivity index (χ0v) is 13.2. The highest BCUT2D eigenvalue weighted by molar-refractivity contribution is 5.69. The van der Waals surface area contributed by atoms with Crippen LogP contribution in [0.25, 0.3) is 0 Å². The summed E-state index contributed by atoms with van der Waals surface area (Å²) in [4.78, 5) is 27.5. The standard InChI is InChI=1S/C16H29NO4/c1-14-10-8-9-13-17(14)21-16(20)12-7-5-3-2-4-6-11-15(18)19/h14H,2-13H2,1H3,(H,18,19). The van der Waals surface area contributed by atoms with E-state index in [-0.39, 0.29) is 12.4 Å². The Morgan fingerprint density at radius 1 is 1.05 bits per heavy atom. The number of unbranched alkanes of at least 4 members (excludes halogenated alkanes) is 5. The molecule has 0 aromatic rings. The molecule has 1 saturated heterocycles. The maximum atomic E-state index is 11.7. The highest BCUT2D eigenvalue weighted by Gasteiger charge is 2.21. The number of aliphatic carboxylic acids is 1. The van der Waals surface area contributed by atoms with Crippen LogP contribution in [0.15, 0.2) is 0 Å². The van der Waals surface area contributed by atoms with Gasteiger partial charge in [-0.15, -0.1) is 5.06 Å². The SMILES string of the molecule is CC1CCCCN1OC(=O)CCCCCCCCC(=O)O. The van der Waals surface area contributed by atoms with E-state index < -0.39 is 5.97 Å². The summed E-state index contributed by atoms with van der Waals surface area (Å²) in [5.74, 6) is -0.834. The van der Waals surface area contributed by atoms with Gasteiger partial charge in [-0.25, -0.2) is 0 Å². The van der Waals surface area contributed by atoms with Gasteiger partial charge in [0.2, 0.25) is 0 Å². The third-order valence-corrected chi connectivity index (χ3v) is 3.98. The van der Waals surface area contributed by atoms with Crippen molar-refractivity contribution in [1.82, 2.24) is 5.06 Å². The number of carboxylic acids is 1. The van der Waals surface area contributed by atoms with Crippen LogP contribution in [0.1, 0.15) is 77.6 Å². The minimum absolute atomic E-state index is 0.116. The zero-order chi connectivity index (χ0) is 15.5. The smallest absolute Gasteiger partial charge is 0.325 e. The molecule has 0 radical (unpaired) electrons. The lowest BCUT2D eigenvalue weighted by molar-refractivity contribution is -0.206. The normalized spacial score (nSPS) is 19.4. The van der Waals surface area contributed by atoms with Crippen molar-refractivity contribution >= 4 is 11.9 Å². The van der Waals surface area contributed by atoms with Crippen LogP contribution in [-0.4, -0.2) is 34.7 Å². The molecule has 5 heteroatoms. The Labute approximate surface area is 127 Å². The monoisotopic (exact) mass is 299 g/mol. The van der Waals surface area contributed by atoms with Crippen LogP contribution in [0.4, 0.5) is 0 Å². The summed E-state index contributed by atoms with van der Waals surface area (Å²) in [6, 6.07) is 0.344. The Balaban J connectivity index is 1.94. The van der Waals surface area contributed by atoms with Gasteiger partial charge in [-0.2, -0.15) is 0 Å². The molecule has 122 valence electrons. The molecule has 0 amide bonds. The number of carboxylic acid groups (broad SMARTS) is 1. The molecule has 1 unspecified atom stereocenters. The molecule has 0 saturated carbocycles. The second kappa shape index (κ2) is 10.6. The topological polar surface area (TPSA) is 66.8 Å². The van der Waals surface area contributed by atoms with E-state index in [0.29, 0.717) is 12.5 Å². The fourth-order valence-corrected chi connectivity index (χ4v) is 2.64. The van der Waals surface area contributed by atoms with E-state index in [9.17, 15) is 9.59 Å². The predicted molar refractivity (Wildman–Crippen MR) is 80.7 cm³/mol. The summed E-state index contributed by atoms with van der Waals surface area (Å²) in [5, 5.41) is 10.3. The van der Waals surface area contributed by atoms with Crippen LogP contribution in [0, 0.1) is 0 Å². The van der Waals surface area contributed by atoms with Crippen molar-refractivity contribution in [2.24, 2.45) is 0 Å². The highest BCUT2D eigenvalue weighted by Crippen LogP contribution is 2.17. The Bertz CT molecular complexity index is 319. The molecule has 0 aliphatic carbocycles. The predicted octanol–water partition coefficient (Wildman–Crippen LogP) is 3.52. The average molecular weight is 299 g/mol. The van der Waals surface area contributed by atoms with Crippen molar-refractivity contribution in [3.05, 3.63) is 0 Å². The first-order valence-electron chi connectivity index (χ1n) is 8.29. The summed E-state index contributed by atoms with van der Waals surface area (Å²) in [6.07, 6.45) is 9.87. The van der Waals surface area contributed by atoms with Crippen molar-refractivity contribution < 1.29 is 19.5 Å². The molecule has 0 spiro atoms. The molecular weight excluding hydrogens is 270 g/mol. The number of hydrogen-bond donors (Lipinski definition) is 1. The van der Waals surface area contributed by atoms with E-state index in [0.717, 1.165) is 57.9 Å². The molecule has 0 bridgehead atoms. The van der Waals surface area contributed by atoms with E-state index in [1.807, 2.05) is 5.06 Å². The van der Waals surface area contributed by atoms with Gasteiger partial charge in [-0.3, -0.25) is 9.59 Å². The Morgan fingerprint density at radius 3 is 2.29 bits per heavy atom. The maximum Gasteiger partial charge on any atom is 0.325 e. The molecule has 1 N–H and O–H groups in total. The maximum absolute atomic E-state index is 11.7.